The third-order valence-electron chi connectivity index (χ3n) is 4.35. The second-order valence-electron chi connectivity index (χ2n) is 6.11. The van der Waals surface area contributed by atoms with Crippen LogP contribution >= 0.6 is 0 Å². The van der Waals surface area contributed by atoms with Crippen LogP contribution in [0.4, 0.5) is 4.39 Å². The SMILES string of the molecule is COc1cc(F)cc(CNC(=O)c2ccn3cc(-c4cn[nH]c4)ccc23)c1. The van der Waals surface area contributed by atoms with E-state index in [9.17, 15) is 9.18 Å². The van der Waals surface area contributed by atoms with Gasteiger partial charge in [0, 0.05) is 42.3 Å². The van der Waals surface area contributed by atoms with Crippen LogP contribution in [-0.2, 0) is 6.54 Å². The Balaban J connectivity index is 1.54. The average molecular weight is 364 g/mol. The number of amides is 1. The summed E-state index contributed by atoms with van der Waals surface area (Å²) in [5, 5.41) is 9.56. The molecule has 4 rings (SSSR count). The highest BCUT2D eigenvalue weighted by Gasteiger charge is 2.12. The highest BCUT2D eigenvalue weighted by molar-refractivity contribution is 6.01. The average Bonchev–Trinajstić information content (AvgIpc) is 3.34. The van der Waals surface area contributed by atoms with Gasteiger partial charge in [-0.15, -0.1) is 0 Å². The van der Waals surface area contributed by atoms with E-state index in [0.717, 1.165) is 16.6 Å². The van der Waals surface area contributed by atoms with E-state index < -0.39 is 5.82 Å². The van der Waals surface area contributed by atoms with Gasteiger partial charge in [0.25, 0.3) is 5.91 Å². The maximum atomic E-state index is 13.6. The number of methoxy groups -OCH3 is 1. The summed E-state index contributed by atoms with van der Waals surface area (Å²) in [5.74, 6) is -0.211. The number of carbonyl (C=O) groups is 1. The van der Waals surface area contributed by atoms with Crippen LogP contribution in [0.3, 0.4) is 0 Å². The summed E-state index contributed by atoms with van der Waals surface area (Å²) in [7, 11) is 1.47. The lowest BCUT2D eigenvalue weighted by Crippen LogP contribution is -2.22. The molecule has 3 heterocycles. The molecule has 1 amide bonds. The fraction of sp³-hybridized carbons (Fsp3) is 0.100. The van der Waals surface area contributed by atoms with Crippen LogP contribution in [0.5, 0.6) is 5.75 Å². The highest BCUT2D eigenvalue weighted by Crippen LogP contribution is 2.21. The van der Waals surface area contributed by atoms with E-state index in [-0.39, 0.29) is 12.5 Å². The van der Waals surface area contributed by atoms with Gasteiger partial charge in [-0.1, -0.05) is 6.07 Å². The number of benzene rings is 1. The Morgan fingerprint density at radius 2 is 2.15 bits per heavy atom. The summed E-state index contributed by atoms with van der Waals surface area (Å²) in [6, 6.07) is 9.95. The molecule has 0 unspecified atom stereocenters. The summed E-state index contributed by atoms with van der Waals surface area (Å²) in [6.07, 6.45) is 7.32. The molecule has 27 heavy (non-hydrogen) atoms. The number of fused-ring (bicyclic) bond motifs is 1. The quantitative estimate of drug-likeness (QED) is 0.570. The first kappa shape index (κ1) is 16.8. The minimum Gasteiger partial charge on any atom is -0.497 e. The van der Waals surface area contributed by atoms with Gasteiger partial charge in [0.15, 0.2) is 0 Å². The van der Waals surface area contributed by atoms with Crippen LogP contribution in [0.2, 0.25) is 0 Å². The topological polar surface area (TPSA) is 71.4 Å². The van der Waals surface area contributed by atoms with Crippen molar-refractivity contribution in [2.24, 2.45) is 0 Å². The molecule has 6 nitrogen and oxygen atoms in total. The first-order chi connectivity index (χ1) is 13.1. The minimum atomic E-state index is -0.403. The first-order valence-electron chi connectivity index (χ1n) is 8.35. The molecule has 2 N–H and O–H groups in total. The predicted molar refractivity (Wildman–Crippen MR) is 99.1 cm³/mol. The fourth-order valence-electron chi connectivity index (χ4n) is 3.00. The molecule has 3 aromatic heterocycles. The smallest absolute Gasteiger partial charge is 0.253 e. The lowest BCUT2D eigenvalue weighted by molar-refractivity contribution is 0.0952. The molecule has 0 aliphatic carbocycles. The number of hydrogen-bond donors (Lipinski definition) is 2. The van der Waals surface area contributed by atoms with Gasteiger partial charge in [-0.25, -0.2) is 4.39 Å². The molecule has 0 spiro atoms. The first-order valence-corrected chi connectivity index (χ1v) is 8.35. The van der Waals surface area contributed by atoms with Crippen molar-refractivity contribution in [3.63, 3.8) is 0 Å². The summed E-state index contributed by atoms with van der Waals surface area (Å²) in [5.41, 5.74) is 3.93. The predicted octanol–water partition coefficient (Wildman–Crippen LogP) is 3.41. The second kappa shape index (κ2) is 6.95. The number of nitrogens with one attached hydrogen (secondary N) is 2. The Morgan fingerprint density at radius 3 is 2.93 bits per heavy atom. The molecule has 0 aliphatic rings. The Morgan fingerprint density at radius 1 is 1.26 bits per heavy atom. The number of nitrogens with zero attached hydrogens (tertiary/aromatic N) is 2. The van der Waals surface area contributed by atoms with Crippen molar-refractivity contribution in [2.75, 3.05) is 7.11 Å². The van der Waals surface area contributed by atoms with E-state index in [1.165, 1.54) is 19.2 Å². The number of ether oxygens (including phenoxy) is 1. The van der Waals surface area contributed by atoms with Crippen LogP contribution in [0, 0.1) is 5.82 Å². The molecule has 0 saturated heterocycles. The van der Waals surface area contributed by atoms with Gasteiger partial charge < -0.3 is 14.5 Å². The Kier molecular flexibility index (Phi) is 4.33. The van der Waals surface area contributed by atoms with Crippen molar-refractivity contribution >= 4 is 11.4 Å². The molecule has 0 fully saturated rings. The van der Waals surface area contributed by atoms with E-state index in [2.05, 4.69) is 15.5 Å². The summed E-state index contributed by atoms with van der Waals surface area (Å²) in [6.45, 7) is 0.206. The van der Waals surface area contributed by atoms with E-state index in [1.807, 2.05) is 35.1 Å². The Hall–Kier alpha value is -3.61. The van der Waals surface area contributed by atoms with Crippen molar-refractivity contribution in [2.45, 2.75) is 6.54 Å². The third kappa shape index (κ3) is 3.39. The largest absolute Gasteiger partial charge is 0.497 e. The van der Waals surface area contributed by atoms with Gasteiger partial charge in [0.1, 0.15) is 11.6 Å². The number of carbonyl (C=O) groups excluding carboxylic acids is 1. The maximum Gasteiger partial charge on any atom is 0.253 e. The molecule has 0 saturated carbocycles. The zero-order chi connectivity index (χ0) is 18.8. The van der Waals surface area contributed by atoms with Gasteiger partial charge in [-0.2, -0.15) is 5.10 Å². The van der Waals surface area contributed by atoms with Crippen molar-refractivity contribution in [3.8, 4) is 16.9 Å². The van der Waals surface area contributed by atoms with Crippen molar-refractivity contribution in [3.05, 3.63) is 78.1 Å². The van der Waals surface area contributed by atoms with E-state index in [1.54, 1.807) is 18.3 Å². The van der Waals surface area contributed by atoms with Crippen LogP contribution in [0.15, 0.2) is 61.2 Å². The molecule has 0 radical (unpaired) electrons. The molecule has 136 valence electrons. The Bertz CT molecular complexity index is 1100. The summed E-state index contributed by atoms with van der Waals surface area (Å²) < 4.78 is 20.5. The molecule has 1 aromatic carbocycles. The Labute approximate surface area is 154 Å². The maximum absolute atomic E-state index is 13.6. The third-order valence-corrected chi connectivity index (χ3v) is 4.35. The van der Waals surface area contributed by atoms with E-state index >= 15 is 0 Å². The zero-order valence-corrected chi connectivity index (χ0v) is 14.6. The fourth-order valence-corrected chi connectivity index (χ4v) is 3.00. The number of pyridine rings is 1. The van der Waals surface area contributed by atoms with Crippen molar-refractivity contribution in [1.29, 1.82) is 0 Å². The van der Waals surface area contributed by atoms with E-state index in [4.69, 9.17) is 4.74 Å². The molecule has 7 heteroatoms. The molecule has 0 aliphatic heterocycles. The zero-order valence-electron chi connectivity index (χ0n) is 14.6. The normalized spacial score (nSPS) is 10.9. The number of aromatic nitrogens is 3. The van der Waals surface area contributed by atoms with Crippen LogP contribution in [0.1, 0.15) is 15.9 Å². The number of halogens is 1. The molecular weight excluding hydrogens is 347 g/mol. The van der Waals surface area contributed by atoms with Crippen molar-refractivity contribution in [1.82, 2.24) is 19.9 Å². The number of hydrogen-bond acceptors (Lipinski definition) is 3. The lowest BCUT2D eigenvalue weighted by Gasteiger charge is -2.08. The van der Waals surface area contributed by atoms with Crippen LogP contribution < -0.4 is 10.1 Å². The lowest BCUT2D eigenvalue weighted by atomic mass is 10.1. The molecule has 0 atom stereocenters. The standard InChI is InChI=1S/C20H17FN4O2/c1-27-17-7-13(6-16(21)8-17)9-22-20(26)18-4-5-25-12-14(2-3-19(18)25)15-10-23-24-11-15/h2-8,10-12H,9H2,1H3,(H,22,26)(H,23,24). The monoisotopic (exact) mass is 364 g/mol. The number of rotatable bonds is 5. The minimum absolute atomic E-state index is 0.206. The van der Waals surface area contributed by atoms with Gasteiger partial charge in [-0.3, -0.25) is 9.89 Å². The van der Waals surface area contributed by atoms with Crippen LogP contribution in [-0.4, -0.2) is 27.6 Å². The van der Waals surface area contributed by atoms with Gasteiger partial charge in [0.2, 0.25) is 0 Å². The second-order valence-corrected chi connectivity index (χ2v) is 6.11. The van der Waals surface area contributed by atoms with Crippen molar-refractivity contribution < 1.29 is 13.9 Å². The van der Waals surface area contributed by atoms with Gasteiger partial charge in [0.05, 0.1) is 24.4 Å². The number of H-pyrrole nitrogens is 1. The van der Waals surface area contributed by atoms with Gasteiger partial charge >= 0.3 is 0 Å². The highest BCUT2D eigenvalue weighted by atomic mass is 19.1. The molecule has 0 bridgehead atoms. The molecule has 4 aromatic rings. The number of aromatic amines is 1. The van der Waals surface area contributed by atoms with Gasteiger partial charge in [-0.05, 0) is 29.8 Å². The molecular formula is C20H17FN4O2. The summed E-state index contributed by atoms with van der Waals surface area (Å²) >= 11 is 0. The summed E-state index contributed by atoms with van der Waals surface area (Å²) in [4.78, 5) is 12.6. The van der Waals surface area contributed by atoms with E-state index in [0.29, 0.717) is 16.9 Å². The van der Waals surface area contributed by atoms with Crippen LogP contribution in [0.25, 0.3) is 16.6 Å².